The molecule has 1 aliphatic rings. The molecule has 1 aliphatic heterocycles. The quantitative estimate of drug-likeness (QED) is 0.872. The van der Waals surface area contributed by atoms with Crippen LogP contribution in [0.2, 0.25) is 0 Å². The molecule has 2 aromatic rings. The van der Waals surface area contributed by atoms with E-state index in [4.69, 9.17) is 0 Å². The lowest BCUT2D eigenvalue weighted by Gasteiger charge is -2.37. The number of anilines is 1. The average molecular weight is 390 g/mol. The third kappa shape index (κ3) is 4.51. The van der Waals surface area contributed by atoms with E-state index in [2.05, 4.69) is 15.2 Å². The van der Waals surface area contributed by atoms with Crippen molar-refractivity contribution in [2.75, 3.05) is 31.5 Å². The molecule has 6 nitrogen and oxygen atoms in total. The Hall–Kier alpha value is -2.32. The van der Waals surface area contributed by atoms with E-state index in [1.54, 1.807) is 4.90 Å². The van der Waals surface area contributed by atoms with Gasteiger partial charge in [-0.1, -0.05) is 0 Å². The molecule has 144 valence electrons. The number of amides is 2. The number of carbonyl (C=O) groups excluding carboxylic acids is 2. The van der Waals surface area contributed by atoms with Gasteiger partial charge < -0.3 is 10.2 Å². The summed E-state index contributed by atoms with van der Waals surface area (Å²) in [6, 6.07) is 5.27. The summed E-state index contributed by atoms with van der Waals surface area (Å²) in [5.41, 5.74) is 1.40. The molecular weight excluding hydrogens is 367 g/mol. The summed E-state index contributed by atoms with van der Waals surface area (Å²) in [7, 11) is 0. The summed E-state index contributed by atoms with van der Waals surface area (Å²) in [4.78, 5) is 34.2. The van der Waals surface area contributed by atoms with Gasteiger partial charge >= 0.3 is 0 Å². The van der Waals surface area contributed by atoms with Gasteiger partial charge in [-0.3, -0.25) is 14.5 Å². The van der Waals surface area contributed by atoms with Gasteiger partial charge in [-0.15, -0.1) is 11.3 Å². The van der Waals surface area contributed by atoms with Crippen LogP contribution < -0.4 is 5.32 Å². The summed E-state index contributed by atoms with van der Waals surface area (Å²) in [6.07, 6.45) is 0. The minimum Gasteiger partial charge on any atom is -0.336 e. The molecule has 0 bridgehead atoms. The highest BCUT2D eigenvalue weighted by atomic mass is 32.1. The summed E-state index contributed by atoms with van der Waals surface area (Å²) < 4.78 is 13.0. The number of nitrogens with zero attached hydrogens (tertiary/aromatic N) is 3. The Bertz CT molecular complexity index is 809. The SMILES string of the molecule is Cc1nc(NC(=O)C(C)N2CCN(C(=O)c3ccc(F)cc3)CC2)sc1C. The summed E-state index contributed by atoms with van der Waals surface area (Å²) >= 11 is 1.47. The van der Waals surface area contributed by atoms with E-state index in [-0.39, 0.29) is 23.7 Å². The largest absolute Gasteiger partial charge is 0.336 e. The molecular formula is C19H23FN4O2S. The number of carbonyl (C=O) groups is 2. The van der Waals surface area contributed by atoms with E-state index in [0.29, 0.717) is 36.9 Å². The number of thiazole rings is 1. The number of hydrogen-bond donors (Lipinski definition) is 1. The molecule has 1 atom stereocenters. The van der Waals surface area contributed by atoms with Crippen molar-refractivity contribution in [2.24, 2.45) is 0 Å². The van der Waals surface area contributed by atoms with E-state index >= 15 is 0 Å². The van der Waals surface area contributed by atoms with Crippen LogP contribution in [0.15, 0.2) is 24.3 Å². The van der Waals surface area contributed by atoms with Crippen molar-refractivity contribution in [3.05, 3.63) is 46.2 Å². The maximum Gasteiger partial charge on any atom is 0.253 e. The number of aryl methyl sites for hydroxylation is 2. The van der Waals surface area contributed by atoms with Crippen molar-refractivity contribution in [1.82, 2.24) is 14.8 Å². The van der Waals surface area contributed by atoms with Gasteiger partial charge in [-0.2, -0.15) is 0 Å². The lowest BCUT2D eigenvalue weighted by atomic mass is 10.1. The molecule has 8 heteroatoms. The Morgan fingerprint density at radius 1 is 1.15 bits per heavy atom. The van der Waals surface area contributed by atoms with Gasteiger partial charge in [-0.25, -0.2) is 9.37 Å². The molecule has 0 saturated carbocycles. The minimum absolute atomic E-state index is 0.0953. The van der Waals surface area contributed by atoms with Crippen LogP contribution in [0.4, 0.5) is 9.52 Å². The molecule has 1 saturated heterocycles. The predicted molar refractivity (Wildman–Crippen MR) is 104 cm³/mol. The number of hydrogen-bond acceptors (Lipinski definition) is 5. The zero-order chi connectivity index (χ0) is 19.6. The lowest BCUT2D eigenvalue weighted by Crippen LogP contribution is -2.54. The van der Waals surface area contributed by atoms with Crippen LogP contribution in [0.5, 0.6) is 0 Å². The summed E-state index contributed by atoms with van der Waals surface area (Å²) in [5, 5.41) is 3.49. The second kappa shape index (κ2) is 8.14. The normalized spacial score (nSPS) is 16.2. The Morgan fingerprint density at radius 3 is 2.33 bits per heavy atom. The molecule has 0 radical (unpaired) electrons. The van der Waals surface area contributed by atoms with Crippen molar-refractivity contribution < 1.29 is 14.0 Å². The fourth-order valence-corrected chi connectivity index (χ4v) is 3.81. The molecule has 2 heterocycles. The number of aromatic nitrogens is 1. The summed E-state index contributed by atoms with van der Waals surface area (Å²) in [5.74, 6) is -0.565. The van der Waals surface area contributed by atoms with Crippen molar-refractivity contribution in [3.8, 4) is 0 Å². The highest BCUT2D eigenvalue weighted by Crippen LogP contribution is 2.21. The maximum atomic E-state index is 13.0. The zero-order valence-corrected chi connectivity index (χ0v) is 16.5. The molecule has 0 aliphatic carbocycles. The van der Waals surface area contributed by atoms with Crippen LogP contribution in [0.25, 0.3) is 0 Å². The molecule has 1 unspecified atom stereocenters. The van der Waals surface area contributed by atoms with Gasteiger partial charge in [0.05, 0.1) is 11.7 Å². The summed E-state index contributed by atoms with van der Waals surface area (Å²) in [6.45, 7) is 8.04. The molecule has 0 spiro atoms. The molecule has 1 fully saturated rings. The number of piperazine rings is 1. The van der Waals surface area contributed by atoms with E-state index in [0.717, 1.165) is 10.6 Å². The van der Waals surface area contributed by atoms with Crippen LogP contribution in [0.3, 0.4) is 0 Å². The number of benzene rings is 1. The zero-order valence-electron chi connectivity index (χ0n) is 15.7. The topological polar surface area (TPSA) is 65.5 Å². The third-order valence-electron chi connectivity index (χ3n) is 4.88. The minimum atomic E-state index is -0.359. The molecule has 1 aromatic heterocycles. The first-order chi connectivity index (χ1) is 12.8. The van der Waals surface area contributed by atoms with Gasteiger partial charge in [-0.05, 0) is 45.0 Å². The first kappa shape index (κ1) is 19.4. The van der Waals surface area contributed by atoms with Crippen molar-refractivity contribution in [2.45, 2.75) is 26.8 Å². The van der Waals surface area contributed by atoms with Crippen molar-refractivity contribution in [1.29, 1.82) is 0 Å². The second-order valence-electron chi connectivity index (χ2n) is 6.66. The highest BCUT2D eigenvalue weighted by molar-refractivity contribution is 7.15. The Morgan fingerprint density at radius 2 is 1.78 bits per heavy atom. The first-order valence-corrected chi connectivity index (χ1v) is 9.70. The van der Waals surface area contributed by atoms with E-state index in [1.165, 1.54) is 35.6 Å². The monoisotopic (exact) mass is 390 g/mol. The van der Waals surface area contributed by atoms with E-state index in [1.807, 2.05) is 20.8 Å². The maximum absolute atomic E-state index is 13.0. The lowest BCUT2D eigenvalue weighted by molar-refractivity contribution is -0.121. The second-order valence-corrected chi connectivity index (χ2v) is 7.86. The first-order valence-electron chi connectivity index (χ1n) is 8.89. The van der Waals surface area contributed by atoms with Crippen LogP contribution in [0, 0.1) is 19.7 Å². The Balaban J connectivity index is 1.54. The van der Waals surface area contributed by atoms with Gasteiger partial charge in [0, 0.05) is 36.6 Å². The van der Waals surface area contributed by atoms with Gasteiger partial charge in [0.2, 0.25) is 5.91 Å². The number of nitrogens with one attached hydrogen (secondary N) is 1. The average Bonchev–Trinajstić information content (AvgIpc) is 2.98. The molecule has 2 amide bonds. The highest BCUT2D eigenvalue weighted by Gasteiger charge is 2.28. The molecule has 1 aromatic carbocycles. The fraction of sp³-hybridized carbons (Fsp3) is 0.421. The standard InChI is InChI=1S/C19H23FN4O2S/c1-12-14(3)27-19(21-12)22-17(25)13(2)23-8-10-24(11-9-23)18(26)15-4-6-16(20)7-5-15/h4-7,13H,8-11H2,1-3H3,(H,21,22,25). The Labute approximate surface area is 162 Å². The van der Waals surface area contributed by atoms with Crippen LogP contribution in [-0.4, -0.2) is 58.8 Å². The van der Waals surface area contributed by atoms with E-state index in [9.17, 15) is 14.0 Å². The molecule has 3 rings (SSSR count). The van der Waals surface area contributed by atoms with Crippen molar-refractivity contribution in [3.63, 3.8) is 0 Å². The molecule has 27 heavy (non-hydrogen) atoms. The van der Waals surface area contributed by atoms with Crippen LogP contribution in [-0.2, 0) is 4.79 Å². The molecule has 1 N–H and O–H groups in total. The van der Waals surface area contributed by atoms with Crippen molar-refractivity contribution >= 4 is 28.3 Å². The van der Waals surface area contributed by atoms with Gasteiger partial charge in [0.25, 0.3) is 5.91 Å². The third-order valence-corrected chi connectivity index (χ3v) is 5.87. The van der Waals surface area contributed by atoms with Crippen LogP contribution >= 0.6 is 11.3 Å². The smallest absolute Gasteiger partial charge is 0.253 e. The predicted octanol–water partition coefficient (Wildman–Crippen LogP) is 2.68. The number of halogens is 1. The van der Waals surface area contributed by atoms with Crippen LogP contribution in [0.1, 0.15) is 27.9 Å². The van der Waals surface area contributed by atoms with Gasteiger partial charge in [0.1, 0.15) is 5.82 Å². The van der Waals surface area contributed by atoms with E-state index < -0.39 is 0 Å². The van der Waals surface area contributed by atoms with Gasteiger partial charge in [0.15, 0.2) is 5.13 Å². The Kier molecular flexibility index (Phi) is 5.86. The fourth-order valence-electron chi connectivity index (χ4n) is 2.99. The number of rotatable bonds is 4.